The van der Waals surface area contributed by atoms with Crippen LogP contribution < -0.4 is 10.2 Å². The number of amides is 2. The van der Waals surface area contributed by atoms with Gasteiger partial charge >= 0.3 is 0 Å². The van der Waals surface area contributed by atoms with E-state index < -0.39 is 23.7 Å². The SMILES string of the molecule is Cc1ccc(C(C(=O)NCc2ccco2)N(C(=O)Cn2nnc3ccccc32)c2cccc(F)c2)cc1. The lowest BCUT2D eigenvalue weighted by Crippen LogP contribution is -2.45. The molecular weight excluding hydrogens is 473 g/mol. The predicted molar refractivity (Wildman–Crippen MR) is 136 cm³/mol. The molecule has 0 saturated carbocycles. The molecule has 0 saturated heterocycles. The minimum absolute atomic E-state index is 0.132. The third-order valence-electron chi connectivity index (χ3n) is 5.98. The molecule has 0 bridgehead atoms. The highest BCUT2D eigenvalue weighted by molar-refractivity contribution is 6.01. The molecule has 0 aliphatic heterocycles. The first-order valence-corrected chi connectivity index (χ1v) is 11.7. The number of carbonyl (C=O) groups excluding carboxylic acids is 2. The number of para-hydroxylation sites is 1. The van der Waals surface area contributed by atoms with E-state index in [1.54, 1.807) is 36.4 Å². The second-order valence-corrected chi connectivity index (χ2v) is 8.59. The number of benzene rings is 3. The van der Waals surface area contributed by atoms with Gasteiger partial charge in [-0.2, -0.15) is 0 Å². The molecule has 3 aromatic carbocycles. The summed E-state index contributed by atoms with van der Waals surface area (Å²) >= 11 is 0. The Morgan fingerprint density at radius 2 is 1.84 bits per heavy atom. The molecule has 37 heavy (non-hydrogen) atoms. The summed E-state index contributed by atoms with van der Waals surface area (Å²) in [5, 5.41) is 11.1. The van der Waals surface area contributed by atoms with E-state index in [0.29, 0.717) is 22.4 Å². The Labute approximate surface area is 212 Å². The number of hydrogen-bond donors (Lipinski definition) is 1. The standard InChI is InChI=1S/C28H24FN5O3/c1-19-11-13-20(14-12-19)27(28(36)30-17-23-8-5-15-37-23)34(22-7-4-6-21(29)16-22)26(35)18-33-25-10-3-2-9-24(25)31-32-33/h2-16,27H,17-18H2,1H3,(H,30,36). The van der Waals surface area contributed by atoms with Crippen molar-refractivity contribution in [3.05, 3.63) is 114 Å². The van der Waals surface area contributed by atoms with Gasteiger partial charge in [0.2, 0.25) is 11.8 Å². The van der Waals surface area contributed by atoms with Crippen molar-refractivity contribution in [3.8, 4) is 0 Å². The Morgan fingerprint density at radius 1 is 1.03 bits per heavy atom. The smallest absolute Gasteiger partial charge is 0.249 e. The summed E-state index contributed by atoms with van der Waals surface area (Å²) in [6.07, 6.45) is 1.52. The van der Waals surface area contributed by atoms with Crippen molar-refractivity contribution in [1.82, 2.24) is 20.3 Å². The number of aryl methyl sites for hydroxylation is 1. The Hall–Kier alpha value is -4.79. The number of rotatable bonds is 8. The molecule has 2 aromatic heterocycles. The molecule has 8 nitrogen and oxygen atoms in total. The second kappa shape index (κ2) is 10.4. The molecule has 2 amide bonds. The van der Waals surface area contributed by atoms with E-state index in [4.69, 9.17) is 4.42 Å². The van der Waals surface area contributed by atoms with Crippen molar-refractivity contribution in [1.29, 1.82) is 0 Å². The van der Waals surface area contributed by atoms with E-state index in [-0.39, 0.29) is 18.8 Å². The topological polar surface area (TPSA) is 93.3 Å². The van der Waals surface area contributed by atoms with Crippen LogP contribution in [0.25, 0.3) is 11.0 Å². The summed E-state index contributed by atoms with van der Waals surface area (Å²) in [5.41, 5.74) is 3.12. The minimum Gasteiger partial charge on any atom is -0.467 e. The van der Waals surface area contributed by atoms with E-state index >= 15 is 0 Å². The van der Waals surface area contributed by atoms with E-state index in [2.05, 4.69) is 15.6 Å². The van der Waals surface area contributed by atoms with Gasteiger partial charge in [0.1, 0.15) is 29.7 Å². The second-order valence-electron chi connectivity index (χ2n) is 8.59. The van der Waals surface area contributed by atoms with Gasteiger partial charge in [-0.25, -0.2) is 9.07 Å². The van der Waals surface area contributed by atoms with Crippen LogP contribution in [0.4, 0.5) is 10.1 Å². The monoisotopic (exact) mass is 497 g/mol. The summed E-state index contributed by atoms with van der Waals surface area (Å²) in [4.78, 5) is 28.9. The molecular formula is C28H24FN5O3. The number of furan rings is 1. The number of hydrogen-bond acceptors (Lipinski definition) is 5. The molecule has 9 heteroatoms. The van der Waals surface area contributed by atoms with E-state index in [1.165, 1.54) is 34.0 Å². The molecule has 1 unspecified atom stereocenters. The van der Waals surface area contributed by atoms with Gasteiger partial charge < -0.3 is 9.73 Å². The van der Waals surface area contributed by atoms with E-state index in [1.807, 2.05) is 37.3 Å². The number of carbonyl (C=O) groups is 2. The molecule has 0 spiro atoms. The maximum atomic E-state index is 14.4. The first kappa shape index (κ1) is 23.9. The molecule has 2 heterocycles. The van der Waals surface area contributed by atoms with Crippen molar-refractivity contribution in [2.75, 3.05) is 4.90 Å². The number of nitrogens with one attached hydrogen (secondary N) is 1. The molecule has 1 atom stereocenters. The molecule has 0 fully saturated rings. The molecule has 5 aromatic rings. The largest absolute Gasteiger partial charge is 0.467 e. The van der Waals surface area contributed by atoms with Crippen LogP contribution in [0.5, 0.6) is 0 Å². The first-order valence-electron chi connectivity index (χ1n) is 11.7. The van der Waals surface area contributed by atoms with Gasteiger partial charge in [-0.3, -0.25) is 14.5 Å². The summed E-state index contributed by atoms with van der Waals surface area (Å²) in [6, 6.07) is 22.6. The summed E-state index contributed by atoms with van der Waals surface area (Å²) in [6.45, 7) is 1.86. The average molecular weight is 498 g/mol. The fourth-order valence-corrected chi connectivity index (χ4v) is 4.15. The maximum Gasteiger partial charge on any atom is 0.249 e. The fourth-order valence-electron chi connectivity index (χ4n) is 4.15. The summed E-state index contributed by atoms with van der Waals surface area (Å²) in [7, 11) is 0. The van der Waals surface area contributed by atoms with Crippen LogP contribution in [0.3, 0.4) is 0 Å². The predicted octanol–water partition coefficient (Wildman–Crippen LogP) is 4.56. The van der Waals surface area contributed by atoms with E-state index in [9.17, 15) is 14.0 Å². The van der Waals surface area contributed by atoms with Gasteiger partial charge in [0, 0.05) is 5.69 Å². The first-order chi connectivity index (χ1) is 18.0. The Bertz CT molecular complexity index is 1530. The molecule has 186 valence electrons. The van der Waals surface area contributed by atoms with Crippen molar-refractivity contribution < 1.29 is 18.4 Å². The number of anilines is 1. The highest BCUT2D eigenvalue weighted by Gasteiger charge is 2.33. The van der Waals surface area contributed by atoms with Crippen LogP contribution in [0.15, 0.2) is 95.6 Å². The number of aromatic nitrogens is 3. The zero-order valence-electron chi connectivity index (χ0n) is 20.0. The molecule has 1 N–H and O–H groups in total. The molecule has 0 radical (unpaired) electrons. The van der Waals surface area contributed by atoms with Crippen LogP contribution in [-0.2, 0) is 22.7 Å². The number of halogens is 1. The third kappa shape index (κ3) is 5.25. The van der Waals surface area contributed by atoms with Crippen LogP contribution >= 0.6 is 0 Å². The third-order valence-corrected chi connectivity index (χ3v) is 5.98. The van der Waals surface area contributed by atoms with Gasteiger partial charge in [-0.15, -0.1) is 5.10 Å². The maximum absolute atomic E-state index is 14.4. The lowest BCUT2D eigenvalue weighted by molar-refractivity contribution is -0.127. The van der Waals surface area contributed by atoms with Crippen molar-refractivity contribution in [2.24, 2.45) is 0 Å². The lowest BCUT2D eigenvalue weighted by Gasteiger charge is -2.31. The van der Waals surface area contributed by atoms with Crippen molar-refractivity contribution in [3.63, 3.8) is 0 Å². The highest BCUT2D eigenvalue weighted by atomic mass is 19.1. The lowest BCUT2D eigenvalue weighted by atomic mass is 10.0. The summed E-state index contributed by atoms with van der Waals surface area (Å²) < 4.78 is 21.2. The number of fused-ring (bicyclic) bond motifs is 1. The zero-order valence-corrected chi connectivity index (χ0v) is 20.0. The van der Waals surface area contributed by atoms with Gasteiger partial charge in [0.25, 0.3) is 0 Å². The Morgan fingerprint density at radius 3 is 2.59 bits per heavy atom. The van der Waals surface area contributed by atoms with Crippen molar-refractivity contribution >= 4 is 28.5 Å². The van der Waals surface area contributed by atoms with E-state index in [0.717, 1.165) is 5.56 Å². The Balaban J connectivity index is 1.56. The average Bonchev–Trinajstić information content (AvgIpc) is 3.57. The minimum atomic E-state index is -1.08. The zero-order chi connectivity index (χ0) is 25.8. The summed E-state index contributed by atoms with van der Waals surface area (Å²) in [5.74, 6) is -0.866. The van der Waals surface area contributed by atoms with Gasteiger partial charge in [-0.05, 0) is 55.0 Å². The van der Waals surface area contributed by atoms with Crippen molar-refractivity contribution in [2.45, 2.75) is 26.1 Å². The van der Waals surface area contributed by atoms with Crippen LogP contribution in [0.2, 0.25) is 0 Å². The van der Waals surface area contributed by atoms with Crippen LogP contribution in [0.1, 0.15) is 22.9 Å². The quantitative estimate of drug-likeness (QED) is 0.339. The van der Waals surface area contributed by atoms with Gasteiger partial charge in [0.05, 0.1) is 18.3 Å². The highest BCUT2D eigenvalue weighted by Crippen LogP contribution is 2.29. The fraction of sp³-hybridized carbons (Fsp3) is 0.143. The number of nitrogens with zero attached hydrogens (tertiary/aromatic N) is 4. The van der Waals surface area contributed by atoms with Crippen LogP contribution in [0, 0.1) is 12.7 Å². The normalized spacial score (nSPS) is 11.8. The Kier molecular flexibility index (Phi) is 6.76. The van der Waals surface area contributed by atoms with Gasteiger partial charge in [0.15, 0.2) is 0 Å². The van der Waals surface area contributed by atoms with Gasteiger partial charge in [-0.1, -0.05) is 53.2 Å². The molecule has 0 aliphatic rings. The molecule has 5 rings (SSSR count). The van der Waals surface area contributed by atoms with Crippen LogP contribution in [-0.4, -0.2) is 26.8 Å². The molecule has 0 aliphatic carbocycles.